The van der Waals surface area contributed by atoms with Gasteiger partial charge in [-0.05, 0) is 140 Å². The van der Waals surface area contributed by atoms with Crippen molar-refractivity contribution in [2.75, 3.05) is 11.2 Å². The first kappa shape index (κ1) is 27.3. The van der Waals surface area contributed by atoms with Gasteiger partial charge in [-0.15, -0.1) is 11.6 Å². The molecule has 0 heterocycles. The normalized spacial score (nSPS) is 42.1. The summed E-state index contributed by atoms with van der Waals surface area (Å²) < 4.78 is 11.5. The van der Waals surface area contributed by atoms with Gasteiger partial charge in [-0.2, -0.15) is 0 Å². The van der Waals surface area contributed by atoms with Crippen molar-refractivity contribution in [1.29, 1.82) is 0 Å². The summed E-state index contributed by atoms with van der Waals surface area (Å²) in [4.78, 5) is 23.2. The van der Waals surface area contributed by atoms with E-state index in [2.05, 4.69) is 43.6 Å². The molecule has 8 aliphatic rings. The molecule has 204 valence electrons. The Bertz CT molecular complexity index is 724. The molecular formula is C30H46BrClO4. The number of esters is 2. The summed E-state index contributed by atoms with van der Waals surface area (Å²) in [6, 6.07) is 0. The lowest BCUT2D eigenvalue weighted by atomic mass is 9.46. The standard InChI is InChI=1S/C15H23BrO2.C15H23ClO2/c2*1-14(2,18-13(17)9-16)15-6-10-3-11(7-15)5-12(4-10)8-15/h2*10-12H,3-9H2,1-2H3. The number of carbonyl (C=O) groups excluding carboxylic acids is 2. The zero-order chi connectivity index (χ0) is 25.9. The topological polar surface area (TPSA) is 52.6 Å². The van der Waals surface area contributed by atoms with Crippen LogP contribution in [0.15, 0.2) is 0 Å². The summed E-state index contributed by atoms with van der Waals surface area (Å²) in [6.45, 7) is 8.48. The van der Waals surface area contributed by atoms with Crippen LogP contribution in [0, 0.1) is 46.3 Å². The van der Waals surface area contributed by atoms with E-state index in [-0.39, 0.29) is 39.9 Å². The molecular weight excluding hydrogens is 540 g/mol. The summed E-state index contributed by atoms with van der Waals surface area (Å²) in [5, 5.41) is 0.308. The van der Waals surface area contributed by atoms with Gasteiger partial charge >= 0.3 is 11.9 Å². The van der Waals surface area contributed by atoms with Gasteiger partial charge in [0.1, 0.15) is 22.4 Å². The van der Waals surface area contributed by atoms with Gasteiger partial charge in [-0.3, -0.25) is 9.59 Å². The van der Waals surface area contributed by atoms with Gasteiger partial charge in [-0.25, -0.2) is 0 Å². The predicted octanol–water partition coefficient (Wildman–Crippen LogP) is 7.68. The quantitative estimate of drug-likeness (QED) is 0.237. The fraction of sp³-hybridized carbons (Fsp3) is 0.933. The zero-order valence-electron chi connectivity index (χ0n) is 22.8. The van der Waals surface area contributed by atoms with Gasteiger partial charge in [0.2, 0.25) is 0 Å². The fourth-order valence-electron chi connectivity index (χ4n) is 10.5. The number of hydrogen-bond donors (Lipinski definition) is 0. The minimum absolute atomic E-state index is 0.0319. The predicted molar refractivity (Wildman–Crippen MR) is 146 cm³/mol. The molecule has 8 bridgehead atoms. The van der Waals surface area contributed by atoms with Gasteiger partial charge in [0, 0.05) is 10.8 Å². The first-order valence-corrected chi connectivity index (χ1v) is 16.1. The molecule has 0 N–H and O–H groups in total. The first-order valence-electron chi connectivity index (χ1n) is 14.4. The molecule has 0 unspecified atom stereocenters. The lowest BCUT2D eigenvalue weighted by Crippen LogP contribution is -2.57. The second kappa shape index (κ2) is 9.72. The number of alkyl halides is 2. The van der Waals surface area contributed by atoms with E-state index >= 15 is 0 Å². The average molecular weight is 586 g/mol. The fourth-order valence-corrected chi connectivity index (χ4v) is 10.7. The second-order valence-electron chi connectivity index (χ2n) is 14.6. The van der Waals surface area contributed by atoms with Gasteiger partial charge in [0.05, 0.1) is 0 Å². The minimum Gasteiger partial charge on any atom is -0.458 e. The molecule has 0 amide bonds. The molecule has 8 fully saturated rings. The van der Waals surface area contributed by atoms with Crippen LogP contribution in [0.1, 0.15) is 105 Å². The van der Waals surface area contributed by atoms with Crippen LogP contribution < -0.4 is 0 Å². The van der Waals surface area contributed by atoms with E-state index < -0.39 is 0 Å². The van der Waals surface area contributed by atoms with Crippen molar-refractivity contribution in [3.63, 3.8) is 0 Å². The summed E-state index contributed by atoms with van der Waals surface area (Å²) in [5.41, 5.74) is -0.161. The summed E-state index contributed by atoms with van der Waals surface area (Å²) in [6.07, 6.45) is 16.1. The lowest BCUT2D eigenvalue weighted by Gasteiger charge is -2.61. The van der Waals surface area contributed by atoms with Crippen LogP contribution in [0.25, 0.3) is 0 Å². The minimum atomic E-state index is -0.352. The number of rotatable bonds is 6. The molecule has 0 atom stereocenters. The maximum atomic E-state index is 11.7. The van der Waals surface area contributed by atoms with Crippen LogP contribution in [-0.4, -0.2) is 34.4 Å². The van der Waals surface area contributed by atoms with Crippen LogP contribution in [0.2, 0.25) is 0 Å². The third-order valence-electron chi connectivity index (χ3n) is 11.6. The molecule has 8 aliphatic carbocycles. The van der Waals surface area contributed by atoms with Crippen molar-refractivity contribution >= 4 is 39.5 Å². The van der Waals surface area contributed by atoms with Crippen molar-refractivity contribution in [1.82, 2.24) is 0 Å². The smallest absolute Gasteiger partial charge is 0.321 e. The monoisotopic (exact) mass is 584 g/mol. The molecule has 8 rings (SSSR count). The highest BCUT2D eigenvalue weighted by atomic mass is 79.9. The first-order chi connectivity index (χ1) is 16.9. The van der Waals surface area contributed by atoms with Crippen molar-refractivity contribution in [2.45, 2.75) is 116 Å². The van der Waals surface area contributed by atoms with Crippen LogP contribution in [0.3, 0.4) is 0 Å². The van der Waals surface area contributed by atoms with E-state index in [1.54, 1.807) is 0 Å². The van der Waals surface area contributed by atoms with E-state index in [1.807, 2.05) is 0 Å². The Morgan fingerprint density at radius 3 is 1.19 bits per heavy atom. The van der Waals surface area contributed by atoms with Gasteiger partial charge in [0.25, 0.3) is 0 Å². The van der Waals surface area contributed by atoms with Gasteiger partial charge in [0.15, 0.2) is 0 Å². The van der Waals surface area contributed by atoms with E-state index in [0.717, 1.165) is 35.5 Å². The molecule has 4 nitrogen and oxygen atoms in total. The van der Waals surface area contributed by atoms with Crippen molar-refractivity contribution < 1.29 is 19.1 Å². The van der Waals surface area contributed by atoms with Crippen molar-refractivity contribution in [2.24, 2.45) is 46.3 Å². The molecule has 8 saturated carbocycles. The molecule has 0 aliphatic heterocycles. The van der Waals surface area contributed by atoms with Crippen LogP contribution in [0.5, 0.6) is 0 Å². The third-order valence-corrected chi connectivity index (χ3v) is 12.3. The molecule has 0 aromatic heterocycles. The lowest BCUT2D eigenvalue weighted by molar-refractivity contribution is -0.196. The number of hydrogen-bond acceptors (Lipinski definition) is 4. The Morgan fingerprint density at radius 1 is 0.667 bits per heavy atom. The molecule has 0 aromatic rings. The van der Waals surface area contributed by atoms with E-state index in [0.29, 0.717) is 5.33 Å². The molecule has 0 radical (unpaired) electrons. The molecule has 36 heavy (non-hydrogen) atoms. The summed E-state index contributed by atoms with van der Waals surface area (Å²) in [7, 11) is 0. The summed E-state index contributed by atoms with van der Waals surface area (Å²) >= 11 is 8.79. The Morgan fingerprint density at radius 2 is 0.944 bits per heavy atom. The molecule has 0 saturated heterocycles. The number of halogens is 2. The number of carbonyl (C=O) groups is 2. The van der Waals surface area contributed by atoms with E-state index in [1.165, 1.54) is 77.0 Å². The highest BCUT2D eigenvalue weighted by Crippen LogP contribution is 2.65. The molecule has 0 aromatic carbocycles. The second-order valence-corrected chi connectivity index (χ2v) is 15.5. The number of ether oxygens (including phenoxy) is 2. The zero-order valence-corrected chi connectivity index (χ0v) is 25.1. The maximum Gasteiger partial charge on any atom is 0.321 e. The Labute approximate surface area is 231 Å². The van der Waals surface area contributed by atoms with Gasteiger partial charge < -0.3 is 9.47 Å². The highest BCUT2D eigenvalue weighted by molar-refractivity contribution is 9.09. The van der Waals surface area contributed by atoms with Crippen LogP contribution in [0.4, 0.5) is 0 Å². The Balaban J connectivity index is 0.000000148. The van der Waals surface area contributed by atoms with E-state index in [9.17, 15) is 9.59 Å². The maximum absolute atomic E-state index is 11.7. The molecule has 6 heteroatoms. The summed E-state index contributed by atoms with van der Waals surface area (Å²) in [5.74, 6) is 4.93. The molecule has 0 spiro atoms. The van der Waals surface area contributed by atoms with Crippen molar-refractivity contribution in [3.8, 4) is 0 Å². The van der Waals surface area contributed by atoms with E-state index in [4.69, 9.17) is 21.1 Å². The largest absolute Gasteiger partial charge is 0.458 e. The Kier molecular flexibility index (Phi) is 7.36. The van der Waals surface area contributed by atoms with Crippen LogP contribution in [-0.2, 0) is 19.1 Å². The van der Waals surface area contributed by atoms with Crippen LogP contribution >= 0.6 is 27.5 Å². The third kappa shape index (κ3) is 4.91. The van der Waals surface area contributed by atoms with Crippen molar-refractivity contribution in [3.05, 3.63) is 0 Å². The highest BCUT2D eigenvalue weighted by Gasteiger charge is 2.60. The average Bonchev–Trinajstić information content (AvgIpc) is 2.77. The van der Waals surface area contributed by atoms with Gasteiger partial charge in [-0.1, -0.05) is 15.9 Å². The SMILES string of the molecule is CC(C)(OC(=O)CBr)C12CC3CC(CC(C3)C1)C2.CC(C)(OC(=O)CCl)C12CC3CC(CC(C3)C1)C2. The Hall–Kier alpha value is -0.290.